The van der Waals surface area contributed by atoms with Gasteiger partial charge in [-0.15, -0.1) is 0 Å². The van der Waals surface area contributed by atoms with Gasteiger partial charge >= 0.3 is 0 Å². The number of amides is 1. The Kier molecular flexibility index (Phi) is 4.25. The Hall–Kier alpha value is -1.81. The summed E-state index contributed by atoms with van der Waals surface area (Å²) in [5.74, 6) is 0.158. The topological polar surface area (TPSA) is 56.9 Å². The van der Waals surface area contributed by atoms with Crippen molar-refractivity contribution >= 4 is 16.8 Å². The molecule has 3 rings (SSSR count). The minimum absolute atomic E-state index is 0.158. The zero-order chi connectivity index (χ0) is 14.7. The van der Waals surface area contributed by atoms with E-state index in [1.807, 2.05) is 0 Å². The van der Waals surface area contributed by atoms with Crippen LogP contribution < -0.4 is 10.6 Å². The molecule has 0 spiro atoms. The molecule has 4 heteroatoms. The number of H-pyrrole nitrogens is 1. The summed E-state index contributed by atoms with van der Waals surface area (Å²) in [7, 11) is 0. The lowest BCUT2D eigenvalue weighted by Crippen LogP contribution is -2.32. The highest BCUT2D eigenvalue weighted by Gasteiger charge is 2.17. The first-order valence-corrected chi connectivity index (χ1v) is 7.79. The number of rotatable bonds is 5. The van der Waals surface area contributed by atoms with E-state index >= 15 is 0 Å². The summed E-state index contributed by atoms with van der Waals surface area (Å²) in [6.45, 7) is 3.86. The molecule has 112 valence electrons. The summed E-state index contributed by atoms with van der Waals surface area (Å²) < 4.78 is 0. The number of aryl methyl sites for hydroxylation is 1. The van der Waals surface area contributed by atoms with E-state index in [-0.39, 0.29) is 5.91 Å². The molecule has 4 nitrogen and oxygen atoms in total. The van der Waals surface area contributed by atoms with Gasteiger partial charge in [-0.3, -0.25) is 4.79 Å². The maximum atomic E-state index is 11.9. The Morgan fingerprint density at radius 2 is 2.33 bits per heavy atom. The van der Waals surface area contributed by atoms with Gasteiger partial charge in [0.1, 0.15) is 0 Å². The van der Waals surface area contributed by atoms with Crippen molar-refractivity contribution in [3.05, 3.63) is 35.5 Å². The number of hydrogen-bond donors (Lipinski definition) is 3. The number of benzene rings is 1. The molecule has 0 bridgehead atoms. The molecule has 0 radical (unpaired) electrons. The van der Waals surface area contributed by atoms with Crippen LogP contribution in [-0.4, -0.2) is 30.0 Å². The molecule has 1 fully saturated rings. The highest BCUT2D eigenvalue weighted by Crippen LogP contribution is 2.21. The fourth-order valence-electron chi connectivity index (χ4n) is 3.13. The number of aromatic amines is 1. The molecule has 2 aromatic rings. The molecule has 1 aliphatic rings. The van der Waals surface area contributed by atoms with E-state index < -0.39 is 0 Å². The van der Waals surface area contributed by atoms with E-state index in [0.717, 1.165) is 19.4 Å². The summed E-state index contributed by atoms with van der Waals surface area (Å²) >= 11 is 0. The van der Waals surface area contributed by atoms with Gasteiger partial charge in [0.15, 0.2) is 0 Å². The normalized spacial score (nSPS) is 18.2. The maximum absolute atomic E-state index is 11.9. The van der Waals surface area contributed by atoms with Gasteiger partial charge in [0.2, 0.25) is 5.91 Å². The van der Waals surface area contributed by atoms with Gasteiger partial charge in [0.25, 0.3) is 0 Å². The Labute approximate surface area is 125 Å². The van der Waals surface area contributed by atoms with Gasteiger partial charge in [0.05, 0.1) is 0 Å². The van der Waals surface area contributed by atoms with Gasteiger partial charge in [-0.05, 0) is 43.9 Å². The van der Waals surface area contributed by atoms with E-state index in [1.54, 1.807) is 0 Å². The second kappa shape index (κ2) is 6.31. The smallest absolute Gasteiger partial charge is 0.221 e. The number of carbonyl (C=O) groups excluding carboxylic acids is 1. The SMILES string of the molecule is Cc1cccc2c(CCNC(=O)CC3CCCN3)c[nH]c12. The molecule has 1 amide bonds. The largest absolute Gasteiger partial charge is 0.361 e. The highest BCUT2D eigenvalue weighted by molar-refractivity contribution is 5.86. The number of aromatic nitrogens is 1. The molecule has 1 saturated heterocycles. The first-order chi connectivity index (χ1) is 10.2. The van der Waals surface area contributed by atoms with Crippen molar-refractivity contribution in [3.63, 3.8) is 0 Å². The van der Waals surface area contributed by atoms with Gasteiger partial charge in [-0.1, -0.05) is 18.2 Å². The summed E-state index contributed by atoms with van der Waals surface area (Å²) in [6, 6.07) is 6.71. The first-order valence-electron chi connectivity index (χ1n) is 7.79. The number of hydrogen-bond acceptors (Lipinski definition) is 2. The van der Waals surface area contributed by atoms with E-state index in [0.29, 0.717) is 19.0 Å². The molecule has 21 heavy (non-hydrogen) atoms. The molecule has 1 aromatic carbocycles. The minimum atomic E-state index is 0.158. The Balaban J connectivity index is 1.52. The lowest BCUT2D eigenvalue weighted by atomic mass is 10.1. The van der Waals surface area contributed by atoms with Crippen molar-refractivity contribution in [1.29, 1.82) is 0 Å². The van der Waals surface area contributed by atoms with Crippen molar-refractivity contribution in [2.75, 3.05) is 13.1 Å². The van der Waals surface area contributed by atoms with E-state index in [4.69, 9.17) is 0 Å². The summed E-state index contributed by atoms with van der Waals surface area (Å²) in [6.07, 6.45) is 5.84. The van der Waals surface area contributed by atoms with Crippen LogP contribution in [0.1, 0.15) is 30.4 Å². The van der Waals surface area contributed by atoms with Crippen LogP contribution in [0.3, 0.4) is 0 Å². The van der Waals surface area contributed by atoms with Crippen LogP contribution in [0.15, 0.2) is 24.4 Å². The Bertz CT molecular complexity index is 626. The Morgan fingerprint density at radius 1 is 1.43 bits per heavy atom. The summed E-state index contributed by atoms with van der Waals surface area (Å²) in [5, 5.41) is 7.66. The minimum Gasteiger partial charge on any atom is -0.361 e. The van der Waals surface area contributed by atoms with Crippen molar-refractivity contribution in [1.82, 2.24) is 15.6 Å². The van der Waals surface area contributed by atoms with Crippen LogP contribution in [0, 0.1) is 6.92 Å². The molecule has 0 aliphatic carbocycles. The number of carbonyl (C=O) groups is 1. The predicted octanol–water partition coefficient (Wildman–Crippen LogP) is 2.28. The highest BCUT2D eigenvalue weighted by atomic mass is 16.1. The van der Waals surface area contributed by atoms with Crippen LogP contribution in [0.2, 0.25) is 0 Å². The average molecular weight is 285 g/mol. The zero-order valence-electron chi connectivity index (χ0n) is 12.5. The predicted molar refractivity (Wildman–Crippen MR) is 85.4 cm³/mol. The summed E-state index contributed by atoms with van der Waals surface area (Å²) in [4.78, 5) is 15.2. The van der Waals surface area contributed by atoms with E-state index in [2.05, 4.69) is 46.9 Å². The lowest BCUT2D eigenvalue weighted by Gasteiger charge is -2.10. The lowest BCUT2D eigenvalue weighted by molar-refractivity contribution is -0.121. The second-order valence-electron chi connectivity index (χ2n) is 5.91. The molecule has 1 atom stereocenters. The van der Waals surface area contributed by atoms with Gasteiger partial charge < -0.3 is 15.6 Å². The number of fused-ring (bicyclic) bond motifs is 1. The van der Waals surface area contributed by atoms with Crippen molar-refractivity contribution in [2.24, 2.45) is 0 Å². The molecule has 1 unspecified atom stereocenters. The van der Waals surface area contributed by atoms with E-state index in [9.17, 15) is 4.79 Å². The number of para-hydroxylation sites is 1. The fourth-order valence-corrected chi connectivity index (χ4v) is 3.13. The van der Waals surface area contributed by atoms with Crippen molar-refractivity contribution < 1.29 is 4.79 Å². The molecular formula is C17H23N3O. The summed E-state index contributed by atoms with van der Waals surface area (Å²) in [5.41, 5.74) is 3.73. The van der Waals surface area contributed by atoms with Crippen LogP contribution in [-0.2, 0) is 11.2 Å². The maximum Gasteiger partial charge on any atom is 0.221 e. The first kappa shape index (κ1) is 14.1. The standard InChI is InChI=1S/C17H23N3O/c1-12-4-2-6-15-13(11-20-17(12)15)7-9-19-16(21)10-14-5-3-8-18-14/h2,4,6,11,14,18,20H,3,5,7-10H2,1H3,(H,19,21). The molecule has 1 aromatic heterocycles. The second-order valence-corrected chi connectivity index (χ2v) is 5.91. The molecule has 1 aliphatic heterocycles. The third-order valence-electron chi connectivity index (χ3n) is 4.32. The number of nitrogens with one attached hydrogen (secondary N) is 3. The monoisotopic (exact) mass is 285 g/mol. The van der Waals surface area contributed by atoms with Gasteiger partial charge in [0, 0.05) is 36.1 Å². The molecule has 3 N–H and O–H groups in total. The fraction of sp³-hybridized carbons (Fsp3) is 0.471. The van der Waals surface area contributed by atoms with Crippen LogP contribution in [0.5, 0.6) is 0 Å². The zero-order valence-corrected chi connectivity index (χ0v) is 12.5. The van der Waals surface area contributed by atoms with Crippen molar-refractivity contribution in [3.8, 4) is 0 Å². The van der Waals surface area contributed by atoms with Gasteiger partial charge in [-0.2, -0.15) is 0 Å². The van der Waals surface area contributed by atoms with Crippen LogP contribution in [0.4, 0.5) is 0 Å². The molecule has 2 heterocycles. The quantitative estimate of drug-likeness (QED) is 0.789. The van der Waals surface area contributed by atoms with E-state index in [1.165, 1.54) is 28.5 Å². The van der Waals surface area contributed by atoms with Gasteiger partial charge in [-0.25, -0.2) is 0 Å². The average Bonchev–Trinajstić information content (AvgIpc) is 3.10. The van der Waals surface area contributed by atoms with Crippen molar-refractivity contribution in [2.45, 2.75) is 38.6 Å². The molecule has 0 saturated carbocycles. The Morgan fingerprint density at radius 3 is 3.14 bits per heavy atom. The molecular weight excluding hydrogens is 262 g/mol. The van der Waals surface area contributed by atoms with Crippen LogP contribution >= 0.6 is 0 Å². The van der Waals surface area contributed by atoms with Crippen LogP contribution in [0.25, 0.3) is 10.9 Å². The third kappa shape index (κ3) is 3.27. The third-order valence-corrected chi connectivity index (χ3v) is 4.32.